The molecule has 7 nitrogen and oxygen atoms in total. The summed E-state index contributed by atoms with van der Waals surface area (Å²) in [5, 5.41) is 17.7. The Kier molecular flexibility index (Phi) is 3.83. The fraction of sp³-hybridized carbons (Fsp3) is 0.222. The molecule has 0 unspecified atom stereocenters. The van der Waals surface area contributed by atoms with Gasteiger partial charge in [0.25, 0.3) is 0 Å². The fourth-order valence-electron chi connectivity index (χ4n) is 1.12. The molecule has 0 aliphatic carbocycles. The van der Waals surface area contributed by atoms with Crippen LogP contribution >= 0.6 is 0 Å². The van der Waals surface area contributed by atoms with E-state index in [2.05, 4.69) is 0 Å². The van der Waals surface area contributed by atoms with Gasteiger partial charge in [0.15, 0.2) is 15.6 Å². The molecule has 0 saturated heterocycles. The van der Waals surface area contributed by atoms with Crippen LogP contribution in [0.15, 0.2) is 23.1 Å². The normalized spacial score (nSPS) is 11.8. The monoisotopic (exact) mass is 290 g/mol. The molecule has 0 saturated carbocycles. The molecule has 0 spiro atoms. The summed E-state index contributed by atoms with van der Waals surface area (Å²) in [7, 11) is -7.46. The van der Waals surface area contributed by atoms with Crippen LogP contribution in [-0.2, 0) is 19.9 Å². The minimum absolute atomic E-state index is 0.144. The van der Waals surface area contributed by atoms with Crippen molar-refractivity contribution in [1.82, 2.24) is 0 Å². The van der Waals surface area contributed by atoms with Crippen molar-refractivity contribution >= 4 is 25.5 Å². The molecule has 0 aliphatic heterocycles. The standard InChI is InChI=1S/C9H10N2O5S2/c1-17(13,14)7-2-3-9(12)8(6-7)11-18(15,16)5-4-10/h2-3,6,11-12H,5H2,1H3. The van der Waals surface area contributed by atoms with E-state index in [-0.39, 0.29) is 10.6 Å². The van der Waals surface area contributed by atoms with Gasteiger partial charge in [-0.2, -0.15) is 5.26 Å². The number of benzene rings is 1. The molecule has 0 atom stereocenters. The SMILES string of the molecule is CS(=O)(=O)c1ccc(O)c(NS(=O)(=O)CC#N)c1. The third-order valence-electron chi connectivity index (χ3n) is 1.92. The molecular weight excluding hydrogens is 280 g/mol. The van der Waals surface area contributed by atoms with Gasteiger partial charge in [-0.15, -0.1) is 0 Å². The van der Waals surface area contributed by atoms with Gasteiger partial charge in [0, 0.05) is 6.26 Å². The number of hydrogen-bond acceptors (Lipinski definition) is 6. The summed E-state index contributed by atoms with van der Waals surface area (Å²) in [6, 6.07) is 4.63. The lowest BCUT2D eigenvalue weighted by atomic mass is 10.3. The Morgan fingerprint density at radius 2 is 1.94 bits per heavy atom. The van der Waals surface area contributed by atoms with Crippen molar-refractivity contribution in [1.29, 1.82) is 5.26 Å². The van der Waals surface area contributed by atoms with Gasteiger partial charge in [0.1, 0.15) is 5.75 Å². The highest BCUT2D eigenvalue weighted by Crippen LogP contribution is 2.27. The molecule has 0 fully saturated rings. The number of hydrogen-bond donors (Lipinski definition) is 2. The molecule has 9 heteroatoms. The number of nitriles is 1. The van der Waals surface area contributed by atoms with Crippen LogP contribution in [0.5, 0.6) is 5.75 Å². The molecule has 0 heterocycles. The topological polar surface area (TPSA) is 124 Å². The Labute approximate surface area is 105 Å². The highest BCUT2D eigenvalue weighted by Gasteiger charge is 2.15. The largest absolute Gasteiger partial charge is 0.506 e. The van der Waals surface area contributed by atoms with E-state index in [1.807, 2.05) is 4.72 Å². The number of rotatable bonds is 4. The molecular formula is C9H10N2O5S2. The number of phenolic OH excluding ortho intramolecular Hbond substituents is 1. The van der Waals surface area contributed by atoms with Crippen LogP contribution in [0.3, 0.4) is 0 Å². The van der Waals surface area contributed by atoms with Crippen LogP contribution in [0.4, 0.5) is 5.69 Å². The van der Waals surface area contributed by atoms with Crippen molar-refractivity contribution in [2.45, 2.75) is 4.90 Å². The summed E-state index contributed by atoms with van der Waals surface area (Å²) < 4.78 is 47.1. The third-order valence-corrected chi connectivity index (χ3v) is 4.07. The summed E-state index contributed by atoms with van der Waals surface area (Å²) >= 11 is 0. The molecule has 0 radical (unpaired) electrons. The molecule has 1 aromatic rings. The Bertz CT molecular complexity index is 701. The Morgan fingerprint density at radius 3 is 2.44 bits per heavy atom. The highest BCUT2D eigenvalue weighted by molar-refractivity contribution is 7.93. The fourth-order valence-corrected chi connectivity index (χ4v) is 2.50. The number of sulfone groups is 1. The van der Waals surface area contributed by atoms with Gasteiger partial charge in [-0.25, -0.2) is 16.8 Å². The average Bonchev–Trinajstić information content (AvgIpc) is 2.19. The van der Waals surface area contributed by atoms with Gasteiger partial charge in [0.2, 0.25) is 10.0 Å². The van der Waals surface area contributed by atoms with E-state index < -0.39 is 31.4 Å². The Hall–Kier alpha value is -1.79. The quantitative estimate of drug-likeness (QED) is 0.755. The van der Waals surface area contributed by atoms with Crippen LogP contribution in [-0.4, -0.2) is 34.0 Å². The molecule has 98 valence electrons. The summed E-state index contributed by atoms with van der Waals surface area (Å²) in [6.07, 6.45) is 0.951. The minimum atomic E-state index is -3.94. The predicted octanol–water partition coefficient (Wildman–Crippen LogP) is 0.0610. The van der Waals surface area contributed by atoms with E-state index in [4.69, 9.17) is 5.26 Å². The van der Waals surface area contributed by atoms with Gasteiger partial charge in [-0.3, -0.25) is 4.72 Å². The first-order valence-corrected chi connectivity index (χ1v) is 8.10. The van der Waals surface area contributed by atoms with E-state index >= 15 is 0 Å². The van der Waals surface area contributed by atoms with E-state index in [9.17, 15) is 21.9 Å². The number of sulfonamides is 1. The number of nitrogens with one attached hydrogen (secondary N) is 1. The molecule has 0 amide bonds. The van der Waals surface area contributed by atoms with Crippen molar-refractivity contribution in [2.75, 3.05) is 16.7 Å². The Balaban J connectivity index is 3.23. The number of nitrogens with zero attached hydrogens (tertiary/aromatic N) is 1. The second kappa shape index (κ2) is 4.83. The third kappa shape index (κ3) is 3.61. The van der Waals surface area contributed by atoms with Gasteiger partial charge < -0.3 is 5.11 Å². The van der Waals surface area contributed by atoms with Crippen molar-refractivity contribution in [2.24, 2.45) is 0 Å². The summed E-state index contributed by atoms with van der Waals surface area (Å²) in [6.45, 7) is 0. The van der Waals surface area contributed by atoms with Crippen molar-refractivity contribution < 1.29 is 21.9 Å². The second-order valence-corrected chi connectivity index (χ2v) is 7.21. The first-order valence-electron chi connectivity index (χ1n) is 4.56. The van der Waals surface area contributed by atoms with E-state index in [1.165, 1.54) is 6.07 Å². The smallest absolute Gasteiger partial charge is 0.246 e. The minimum Gasteiger partial charge on any atom is -0.506 e. The maximum Gasteiger partial charge on any atom is 0.246 e. The summed E-state index contributed by atoms with van der Waals surface area (Å²) in [4.78, 5) is -0.144. The van der Waals surface area contributed by atoms with Crippen molar-refractivity contribution in [3.8, 4) is 11.8 Å². The van der Waals surface area contributed by atoms with Gasteiger partial charge >= 0.3 is 0 Å². The molecule has 0 aromatic heterocycles. The lowest BCUT2D eigenvalue weighted by Crippen LogP contribution is -2.16. The predicted molar refractivity (Wildman–Crippen MR) is 64.2 cm³/mol. The van der Waals surface area contributed by atoms with Crippen molar-refractivity contribution in [3.63, 3.8) is 0 Å². The highest BCUT2D eigenvalue weighted by atomic mass is 32.2. The summed E-state index contributed by atoms with van der Waals surface area (Å²) in [5.41, 5.74) is -0.284. The van der Waals surface area contributed by atoms with Crippen LogP contribution in [0.2, 0.25) is 0 Å². The zero-order chi connectivity index (χ0) is 14.0. The Morgan fingerprint density at radius 1 is 1.33 bits per heavy atom. The van der Waals surface area contributed by atoms with Crippen LogP contribution in [0, 0.1) is 11.3 Å². The van der Waals surface area contributed by atoms with E-state index in [0.717, 1.165) is 24.5 Å². The maximum atomic E-state index is 11.3. The number of phenols is 1. The summed E-state index contributed by atoms with van der Waals surface area (Å²) in [5.74, 6) is -1.22. The van der Waals surface area contributed by atoms with Gasteiger partial charge in [-0.05, 0) is 18.2 Å². The van der Waals surface area contributed by atoms with E-state index in [0.29, 0.717) is 0 Å². The van der Waals surface area contributed by atoms with Gasteiger partial charge in [0.05, 0.1) is 16.7 Å². The van der Waals surface area contributed by atoms with E-state index in [1.54, 1.807) is 0 Å². The van der Waals surface area contributed by atoms with Crippen LogP contribution in [0.25, 0.3) is 0 Å². The molecule has 1 aromatic carbocycles. The zero-order valence-electron chi connectivity index (χ0n) is 9.28. The molecule has 1 rings (SSSR count). The molecule has 18 heavy (non-hydrogen) atoms. The second-order valence-electron chi connectivity index (χ2n) is 3.47. The maximum absolute atomic E-state index is 11.3. The van der Waals surface area contributed by atoms with Gasteiger partial charge in [-0.1, -0.05) is 0 Å². The number of anilines is 1. The molecule has 0 bridgehead atoms. The molecule has 0 aliphatic rings. The lowest BCUT2D eigenvalue weighted by Gasteiger charge is -2.08. The van der Waals surface area contributed by atoms with Crippen LogP contribution < -0.4 is 4.72 Å². The first-order chi connectivity index (χ1) is 8.15. The average molecular weight is 290 g/mol. The lowest BCUT2D eigenvalue weighted by molar-refractivity contribution is 0.477. The first kappa shape index (κ1) is 14.3. The molecule has 2 N–H and O–H groups in total. The van der Waals surface area contributed by atoms with Crippen LogP contribution in [0.1, 0.15) is 0 Å². The number of aromatic hydroxyl groups is 1. The zero-order valence-corrected chi connectivity index (χ0v) is 10.9. The van der Waals surface area contributed by atoms with Crippen molar-refractivity contribution in [3.05, 3.63) is 18.2 Å².